The number of imidazole rings is 1. The molecule has 0 N–H and O–H groups in total. The first kappa shape index (κ1) is 19.3. The fourth-order valence-corrected chi connectivity index (χ4v) is 3.07. The summed E-state index contributed by atoms with van der Waals surface area (Å²) in [6.07, 6.45) is 7.94. The van der Waals surface area contributed by atoms with E-state index in [1.165, 1.54) is 0 Å². The van der Waals surface area contributed by atoms with E-state index < -0.39 is 0 Å². The lowest BCUT2D eigenvalue weighted by Gasteiger charge is -2.18. The third-order valence-corrected chi connectivity index (χ3v) is 4.35. The molecule has 2 heterocycles. The number of esters is 1. The minimum Gasteiger partial charge on any atom is -0.458 e. The van der Waals surface area contributed by atoms with Crippen LogP contribution in [0.4, 0.5) is 0 Å². The quantitative estimate of drug-likeness (QED) is 0.561. The summed E-state index contributed by atoms with van der Waals surface area (Å²) in [4.78, 5) is 17.6. The van der Waals surface area contributed by atoms with Crippen molar-refractivity contribution < 1.29 is 13.9 Å². The minimum atomic E-state index is -0.296. The summed E-state index contributed by atoms with van der Waals surface area (Å²) in [6, 6.07) is 3.66. The molecular weight excluding hydrogens is 316 g/mol. The largest absolute Gasteiger partial charge is 0.458 e. The van der Waals surface area contributed by atoms with Gasteiger partial charge in [0.1, 0.15) is 11.9 Å². The van der Waals surface area contributed by atoms with Crippen LogP contribution in [0.15, 0.2) is 22.8 Å². The summed E-state index contributed by atoms with van der Waals surface area (Å²) in [6.45, 7) is 8.30. The Morgan fingerprint density at radius 2 is 2.00 bits per heavy atom. The molecule has 5 heteroatoms. The number of ether oxygens (including phenoxy) is 1. The lowest BCUT2D eigenvalue weighted by Crippen LogP contribution is -2.21. The molecule has 0 spiro atoms. The maximum atomic E-state index is 13.0. The second kappa shape index (κ2) is 9.44. The van der Waals surface area contributed by atoms with Gasteiger partial charge in [-0.1, -0.05) is 47.0 Å². The number of unbranched alkanes of at least 4 members (excludes halogenated alkanes) is 1. The van der Waals surface area contributed by atoms with Gasteiger partial charge in [0.05, 0.1) is 12.0 Å². The van der Waals surface area contributed by atoms with Crippen LogP contribution in [-0.2, 0) is 17.6 Å². The van der Waals surface area contributed by atoms with E-state index >= 15 is 0 Å². The van der Waals surface area contributed by atoms with Gasteiger partial charge in [0, 0.05) is 12.5 Å². The molecule has 0 aliphatic heterocycles. The predicted molar refractivity (Wildman–Crippen MR) is 98.2 cm³/mol. The van der Waals surface area contributed by atoms with Crippen LogP contribution in [-0.4, -0.2) is 21.6 Å². The number of furan rings is 1. The van der Waals surface area contributed by atoms with E-state index in [2.05, 4.69) is 18.8 Å². The van der Waals surface area contributed by atoms with Crippen LogP contribution in [0.3, 0.4) is 0 Å². The standard InChI is InChI=1S/C20H30N2O3/c1-5-9-12-15(11-6-2)25-20(23)19-16(7-3)21-17(8-4)22(19)18-13-10-14-24-18/h10,13-15H,5-9,11-12H2,1-4H3. The van der Waals surface area contributed by atoms with Gasteiger partial charge in [-0.05, 0) is 25.3 Å². The van der Waals surface area contributed by atoms with Gasteiger partial charge in [-0.3, -0.25) is 4.57 Å². The maximum Gasteiger partial charge on any atom is 0.357 e. The minimum absolute atomic E-state index is 0.0350. The first-order chi connectivity index (χ1) is 12.2. The van der Waals surface area contributed by atoms with Crippen molar-refractivity contribution in [2.45, 2.75) is 78.7 Å². The molecule has 2 aromatic heterocycles. The van der Waals surface area contributed by atoms with Crippen molar-refractivity contribution >= 4 is 5.97 Å². The number of nitrogens with zero attached hydrogens (tertiary/aromatic N) is 2. The van der Waals surface area contributed by atoms with Gasteiger partial charge < -0.3 is 9.15 Å². The highest BCUT2D eigenvalue weighted by atomic mass is 16.5. The Kier molecular flexibility index (Phi) is 7.29. The summed E-state index contributed by atoms with van der Waals surface area (Å²) < 4.78 is 13.2. The number of carbonyl (C=O) groups is 1. The molecule has 0 aliphatic carbocycles. The highest BCUT2D eigenvalue weighted by molar-refractivity contribution is 5.90. The highest BCUT2D eigenvalue weighted by Crippen LogP contribution is 2.23. The number of aromatic nitrogens is 2. The molecule has 25 heavy (non-hydrogen) atoms. The van der Waals surface area contributed by atoms with Gasteiger partial charge >= 0.3 is 5.97 Å². The lowest BCUT2D eigenvalue weighted by atomic mass is 10.1. The Balaban J connectivity index is 2.35. The highest BCUT2D eigenvalue weighted by Gasteiger charge is 2.26. The Labute approximate surface area is 150 Å². The fraction of sp³-hybridized carbons (Fsp3) is 0.600. The Hall–Kier alpha value is -2.04. The summed E-state index contributed by atoms with van der Waals surface area (Å²) in [5.74, 6) is 1.13. The molecular formula is C20H30N2O3. The molecule has 0 saturated heterocycles. The van der Waals surface area contributed by atoms with E-state index in [0.29, 0.717) is 18.0 Å². The molecule has 0 amide bonds. The molecule has 138 valence electrons. The van der Waals surface area contributed by atoms with Crippen molar-refractivity contribution in [1.82, 2.24) is 9.55 Å². The van der Waals surface area contributed by atoms with Gasteiger partial charge in [0.15, 0.2) is 5.69 Å². The van der Waals surface area contributed by atoms with Crippen molar-refractivity contribution in [2.24, 2.45) is 0 Å². The number of rotatable bonds is 10. The van der Waals surface area contributed by atoms with Gasteiger partial charge in [-0.15, -0.1) is 0 Å². The number of aryl methyl sites for hydroxylation is 2. The second-order valence-electron chi connectivity index (χ2n) is 6.28. The number of hydrogen-bond donors (Lipinski definition) is 0. The van der Waals surface area contributed by atoms with Gasteiger partial charge in [0.2, 0.25) is 5.88 Å². The van der Waals surface area contributed by atoms with E-state index in [1.807, 2.05) is 30.5 Å². The molecule has 0 fully saturated rings. The number of carbonyl (C=O) groups excluding carboxylic acids is 1. The molecule has 0 aromatic carbocycles. The SMILES string of the molecule is CCCCC(CCC)OC(=O)c1c(CC)nc(CC)n1-c1ccco1. The molecule has 1 atom stereocenters. The van der Waals surface area contributed by atoms with Gasteiger partial charge in [0.25, 0.3) is 0 Å². The van der Waals surface area contributed by atoms with Crippen LogP contribution in [0.1, 0.15) is 81.8 Å². The maximum absolute atomic E-state index is 13.0. The molecule has 0 bridgehead atoms. The zero-order chi connectivity index (χ0) is 18.2. The summed E-state index contributed by atoms with van der Waals surface area (Å²) >= 11 is 0. The van der Waals surface area contributed by atoms with Crippen LogP contribution in [0, 0.1) is 0 Å². The van der Waals surface area contributed by atoms with E-state index in [1.54, 1.807) is 6.26 Å². The van der Waals surface area contributed by atoms with Gasteiger partial charge in [-0.25, -0.2) is 9.78 Å². The van der Waals surface area contributed by atoms with Crippen molar-refractivity contribution in [1.29, 1.82) is 0 Å². The summed E-state index contributed by atoms with van der Waals surface area (Å²) in [5.41, 5.74) is 1.27. The molecule has 2 rings (SSSR count). The van der Waals surface area contributed by atoms with Crippen molar-refractivity contribution in [2.75, 3.05) is 0 Å². The van der Waals surface area contributed by atoms with Crippen LogP contribution in [0.25, 0.3) is 5.88 Å². The van der Waals surface area contributed by atoms with E-state index in [-0.39, 0.29) is 12.1 Å². The zero-order valence-corrected chi connectivity index (χ0v) is 15.9. The normalized spacial score (nSPS) is 12.3. The van der Waals surface area contributed by atoms with E-state index in [4.69, 9.17) is 9.15 Å². The predicted octanol–water partition coefficient (Wildman–Crippen LogP) is 5.11. The van der Waals surface area contributed by atoms with Gasteiger partial charge in [-0.2, -0.15) is 0 Å². The third-order valence-electron chi connectivity index (χ3n) is 4.35. The Morgan fingerprint density at radius 3 is 2.56 bits per heavy atom. The average molecular weight is 346 g/mol. The van der Waals surface area contributed by atoms with Crippen molar-refractivity contribution in [3.63, 3.8) is 0 Å². The molecule has 2 aromatic rings. The van der Waals surface area contributed by atoms with Crippen LogP contribution < -0.4 is 0 Å². The molecule has 1 unspecified atom stereocenters. The summed E-state index contributed by atoms with van der Waals surface area (Å²) in [5, 5.41) is 0. The topological polar surface area (TPSA) is 57.3 Å². The first-order valence-corrected chi connectivity index (χ1v) is 9.51. The van der Waals surface area contributed by atoms with Crippen molar-refractivity contribution in [3.8, 4) is 5.88 Å². The third kappa shape index (κ3) is 4.53. The monoisotopic (exact) mass is 346 g/mol. The van der Waals surface area contributed by atoms with E-state index in [9.17, 15) is 4.79 Å². The average Bonchev–Trinajstić information content (AvgIpc) is 3.26. The lowest BCUT2D eigenvalue weighted by molar-refractivity contribution is 0.0243. The first-order valence-electron chi connectivity index (χ1n) is 9.51. The zero-order valence-electron chi connectivity index (χ0n) is 15.9. The Morgan fingerprint density at radius 1 is 1.20 bits per heavy atom. The fourth-order valence-electron chi connectivity index (χ4n) is 3.07. The smallest absolute Gasteiger partial charge is 0.357 e. The van der Waals surface area contributed by atoms with Crippen LogP contribution >= 0.6 is 0 Å². The molecule has 0 radical (unpaired) electrons. The number of hydrogen-bond acceptors (Lipinski definition) is 4. The molecule has 0 saturated carbocycles. The molecule has 0 aliphatic rings. The van der Waals surface area contributed by atoms with E-state index in [0.717, 1.165) is 50.0 Å². The molecule has 5 nitrogen and oxygen atoms in total. The second-order valence-corrected chi connectivity index (χ2v) is 6.28. The van der Waals surface area contributed by atoms with Crippen LogP contribution in [0.5, 0.6) is 0 Å². The van der Waals surface area contributed by atoms with Crippen LogP contribution in [0.2, 0.25) is 0 Å². The Bertz CT molecular complexity index is 659. The van der Waals surface area contributed by atoms with Crippen molar-refractivity contribution in [3.05, 3.63) is 35.6 Å². The summed E-state index contributed by atoms with van der Waals surface area (Å²) in [7, 11) is 0.